The van der Waals surface area contributed by atoms with E-state index in [1.807, 2.05) is 13.0 Å². The lowest BCUT2D eigenvalue weighted by molar-refractivity contribution is 0.461. The molecule has 0 aliphatic heterocycles. The molecule has 0 amide bonds. The van der Waals surface area contributed by atoms with Crippen molar-refractivity contribution in [3.63, 3.8) is 0 Å². The summed E-state index contributed by atoms with van der Waals surface area (Å²) in [6.07, 6.45) is 0. The average Bonchev–Trinajstić information content (AvgIpc) is 2.41. The van der Waals surface area contributed by atoms with Crippen molar-refractivity contribution >= 4 is 0 Å². The average molecular weight is 179 g/mol. The van der Waals surface area contributed by atoms with Crippen molar-refractivity contribution in [2.75, 3.05) is 6.54 Å². The quantitative estimate of drug-likeness (QED) is 0.756. The number of hydrogen-bond donors (Lipinski definition) is 1. The second kappa shape index (κ2) is 2.61. The molecule has 2 nitrogen and oxygen atoms in total. The van der Waals surface area contributed by atoms with Gasteiger partial charge in [-0.2, -0.15) is 0 Å². The maximum Gasteiger partial charge on any atom is 0.108 e. The van der Waals surface area contributed by atoms with Crippen LogP contribution in [0.1, 0.15) is 31.3 Å². The summed E-state index contributed by atoms with van der Waals surface area (Å²) in [6.45, 7) is 7.26. The zero-order valence-electron chi connectivity index (χ0n) is 8.50. The standard InChI is InChI=1S/C11H17NO/c1-7-4-5-9(13-7)10-8(6-12)11(10,2)3/h4-5,8,10H,6,12H2,1-3H3. The third-order valence-corrected chi connectivity index (χ3v) is 3.37. The normalized spacial score (nSPS) is 30.5. The first-order valence-corrected chi connectivity index (χ1v) is 4.83. The molecule has 2 rings (SSSR count). The lowest BCUT2D eigenvalue weighted by Crippen LogP contribution is -2.05. The van der Waals surface area contributed by atoms with E-state index in [9.17, 15) is 0 Å². The van der Waals surface area contributed by atoms with Crippen molar-refractivity contribution in [1.29, 1.82) is 0 Å². The Hall–Kier alpha value is -0.760. The van der Waals surface area contributed by atoms with Crippen molar-refractivity contribution in [1.82, 2.24) is 0 Å². The summed E-state index contributed by atoms with van der Waals surface area (Å²) in [5.74, 6) is 3.23. The molecular weight excluding hydrogens is 162 g/mol. The van der Waals surface area contributed by atoms with Crippen LogP contribution >= 0.6 is 0 Å². The highest BCUT2D eigenvalue weighted by Gasteiger charge is 2.58. The molecule has 1 aromatic rings. The van der Waals surface area contributed by atoms with E-state index in [0.717, 1.165) is 18.1 Å². The van der Waals surface area contributed by atoms with Gasteiger partial charge >= 0.3 is 0 Å². The molecule has 0 saturated heterocycles. The molecule has 0 radical (unpaired) electrons. The number of furan rings is 1. The monoisotopic (exact) mass is 179 g/mol. The number of hydrogen-bond acceptors (Lipinski definition) is 2. The van der Waals surface area contributed by atoms with E-state index >= 15 is 0 Å². The highest BCUT2D eigenvalue weighted by atomic mass is 16.3. The Morgan fingerprint density at radius 1 is 1.46 bits per heavy atom. The Kier molecular flexibility index (Phi) is 1.77. The summed E-state index contributed by atoms with van der Waals surface area (Å²) in [5.41, 5.74) is 6.03. The van der Waals surface area contributed by atoms with Crippen LogP contribution in [0.2, 0.25) is 0 Å². The van der Waals surface area contributed by atoms with Gasteiger partial charge in [-0.25, -0.2) is 0 Å². The fourth-order valence-corrected chi connectivity index (χ4v) is 2.37. The first-order chi connectivity index (χ1) is 6.07. The van der Waals surface area contributed by atoms with E-state index in [2.05, 4.69) is 19.9 Å². The molecule has 1 saturated carbocycles. The van der Waals surface area contributed by atoms with Crippen LogP contribution in [0.4, 0.5) is 0 Å². The smallest absolute Gasteiger partial charge is 0.108 e. The molecule has 1 aliphatic rings. The van der Waals surface area contributed by atoms with Crippen molar-refractivity contribution in [2.45, 2.75) is 26.7 Å². The van der Waals surface area contributed by atoms with E-state index in [4.69, 9.17) is 10.2 Å². The first kappa shape index (κ1) is 8.82. The van der Waals surface area contributed by atoms with Crippen LogP contribution < -0.4 is 5.73 Å². The fraction of sp³-hybridized carbons (Fsp3) is 0.636. The maximum absolute atomic E-state index is 5.70. The lowest BCUT2D eigenvalue weighted by Gasteiger charge is -1.98. The molecule has 2 unspecified atom stereocenters. The van der Waals surface area contributed by atoms with Gasteiger partial charge < -0.3 is 10.2 Å². The molecule has 72 valence electrons. The minimum absolute atomic E-state index is 0.332. The fourth-order valence-electron chi connectivity index (χ4n) is 2.37. The Balaban J connectivity index is 2.21. The largest absolute Gasteiger partial charge is 0.466 e. The van der Waals surface area contributed by atoms with Gasteiger partial charge in [-0.3, -0.25) is 0 Å². The van der Waals surface area contributed by atoms with Crippen LogP contribution in [-0.2, 0) is 0 Å². The van der Waals surface area contributed by atoms with Gasteiger partial charge in [-0.1, -0.05) is 13.8 Å². The third-order valence-electron chi connectivity index (χ3n) is 3.37. The van der Waals surface area contributed by atoms with Gasteiger partial charge in [0.15, 0.2) is 0 Å². The number of rotatable bonds is 2. The van der Waals surface area contributed by atoms with Crippen molar-refractivity contribution < 1.29 is 4.42 Å². The molecule has 1 fully saturated rings. The Morgan fingerprint density at radius 3 is 2.54 bits per heavy atom. The number of aryl methyl sites for hydroxylation is 1. The van der Waals surface area contributed by atoms with E-state index in [-0.39, 0.29) is 0 Å². The molecule has 0 spiro atoms. The molecular formula is C11H17NO. The number of nitrogens with two attached hydrogens (primary N) is 1. The van der Waals surface area contributed by atoms with E-state index in [1.165, 1.54) is 0 Å². The lowest BCUT2D eigenvalue weighted by atomic mass is 10.1. The minimum atomic E-state index is 0.332. The van der Waals surface area contributed by atoms with Gasteiger partial charge in [-0.05, 0) is 36.9 Å². The van der Waals surface area contributed by atoms with Crippen LogP contribution in [0.5, 0.6) is 0 Å². The topological polar surface area (TPSA) is 39.2 Å². The van der Waals surface area contributed by atoms with E-state index in [1.54, 1.807) is 0 Å². The Bertz CT molecular complexity index is 314. The van der Waals surface area contributed by atoms with Crippen molar-refractivity contribution in [2.24, 2.45) is 17.1 Å². The van der Waals surface area contributed by atoms with Gasteiger partial charge in [0, 0.05) is 5.92 Å². The Labute approximate surface area is 79.1 Å². The highest BCUT2D eigenvalue weighted by Crippen LogP contribution is 2.63. The third kappa shape index (κ3) is 1.20. The SMILES string of the molecule is Cc1ccc(C2C(CN)C2(C)C)o1. The molecule has 0 bridgehead atoms. The van der Waals surface area contributed by atoms with Crippen molar-refractivity contribution in [3.8, 4) is 0 Å². The zero-order valence-corrected chi connectivity index (χ0v) is 8.50. The zero-order chi connectivity index (χ0) is 9.64. The summed E-state index contributed by atoms with van der Waals surface area (Å²) in [4.78, 5) is 0. The van der Waals surface area contributed by atoms with E-state index in [0.29, 0.717) is 17.3 Å². The Morgan fingerprint density at radius 2 is 2.15 bits per heavy atom. The van der Waals surface area contributed by atoms with Gasteiger partial charge in [0.05, 0.1) is 0 Å². The van der Waals surface area contributed by atoms with Crippen LogP contribution in [0.3, 0.4) is 0 Å². The summed E-state index contributed by atoms with van der Waals surface area (Å²) in [7, 11) is 0. The summed E-state index contributed by atoms with van der Waals surface area (Å²) in [6, 6.07) is 4.11. The summed E-state index contributed by atoms with van der Waals surface area (Å²) >= 11 is 0. The predicted octanol–water partition coefficient (Wildman–Crippen LogP) is 2.29. The molecule has 2 heteroatoms. The van der Waals surface area contributed by atoms with Gasteiger partial charge in [0.1, 0.15) is 11.5 Å². The van der Waals surface area contributed by atoms with Gasteiger partial charge in [0.25, 0.3) is 0 Å². The van der Waals surface area contributed by atoms with Crippen LogP contribution in [0.25, 0.3) is 0 Å². The van der Waals surface area contributed by atoms with Crippen LogP contribution in [0.15, 0.2) is 16.5 Å². The highest BCUT2D eigenvalue weighted by molar-refractivity contribution is 5.25. The predicted molar refractivity (Wildman–Crippen MR) is 52.5 cm³/mol. The first-order valence-electron chi connectivity index (χ1n) is 4.83. The van der Waals surface area contributed by atoms with Gasteiger partial charge in [-0.15, -0.1) is 0 Å². The molecule has 1 heterocycles. The summed E-state index contributed by atoms with van der Waals surface area (Å²) < 4.78 is 5.62. The van der Waals surface area contributed by atoms with Crippen LogP contribution in [0, 0.1) is 18.3 Å². The van der Waals surface area contributed by atoms with E-state index < -0.39 is 0 Å². The molecule has 13 heavy (non-hydrogen) atoms. The molecule has 1 aliphatic carbocycles. The second-order valence-corrected chi connectivity index (χ2v) is 4.59. The molecule has 2 N–H and O–H groups in total. The van der Waals surface area contributed by atoms with Crippen molar-refractivity contribution in [3.05, 3.63) is 23.7 Å². The summed E-state index contributed by atoms with van der Waals surface area (Å²) in [5, 5.41) is 0. The van der Waals surface area contributed by atoms with Crippen LogP contribution in [-0.4, -0.2) is 6.54 Å². The molecule has 1 aromatic heterocycles. The maximum atomic E-state index is 5.70. The second-order valence-electron chi connectivity index (χ2n) is 4.59. The van der Waals surface area contributed by atoms with Gasteiger partial charge in [0.2, 0.25) is 0 Å². The molecule has 0 aromatic carbocycles. The molecule has 2 atom stereocenters. The minimum Gasteiger partial charge on any atom is -0.466 e.